The molecule has 1 aliphatic carbocycles. The van der Waals surface area contributed by atoms with Crippen molar-refractivity contribution in [3.63, 3.8) is 0 Å². The van der Waals surface area contributed by atoms with E-state index in [1.54, 1.807) is 0 Å². The van der Waals surface area contributed by atoms with Crippen molar-refractivity contribution in [2.45, 2.75) is 37.8 Å². The van der Waals surface area contributed by atoms with Gasteiger partial charge in [-0.15, -0.1) is 0 Å². The monoisotopic (exact) mass is 356 g/mol. The van der Waals surface area contributed by atoms with E-state index in [1.165, 1.54) is 16.4 Å². The average Bonchev–Trinajstić information content (AvgIpc) is 3.17. The van der Waals surface area contributed by atoms with Crippen LogP contribution in [-0.4, -0.2) is 24.5 Å². The molecular formula is C14H17IN2O. The molecule has 1 aromatic rings. The van der Waals surface area contributed by atoms with Gasteiger partial charge in [-0.1, -0.05) is 0 Å². The summed E-state index contributed by atoms with van der Waals surface area (Å²) in [6, 6.07) is 8.82. The lowest BCUT2D eigenvalue weighted by molar-refractivity contribution is -0.121. The van der Waals surface area contributed by atoms with Gasteiger partial charge in [-0.05, 0) is 72.5 Å². The molecule has 2 aliphatic rings. The zero-order valence-corrected chi connectivity index (χ0v) is 12.4. The summed E-state index contributed by atoms with van der Waals surface area (Å²) >= 11 is 2.29. The molecule has 1 amide bonds. The predicted octanol–water partition coefficient (Wildman–Crippen LogP) is 2.54. The summed E-state index contributed by atoms with van der Waals surface area (Å²) < 4.78 is 1.20. The number of rotatable bonds is 3. The Hall–Kier alpha value is -0.620. The Labute approximate surface area is 121 Å². The molecule has 1 saturated heterocycles. The van der Waals surface area contributed by atoms with Gasteiger partial charge in [0.05, 0.1) is 6.04 Å². The van der Waals surface area contributed by atoms with E-state index in [0.29, 0.717) is 6.04 Å². The quantitative estimate of drug-likeness (QED) is 0.845. The highest BCUT2D eigenvalue weighted by atomic mass is 127. The van der Waals surface area contributed by atoms with Crippen molar-refractivity contribution < 1.29 is 4.79 Å². The highest BCUT2D eigenvalue weighted by molar-refractivity contribution is 14.1. The summed E-state index contributed by atoms with van der Waals surface area (Å²) in [5.41, 5.74) is 1.03. The molecule has 96 valence electrons. The van der Waals surface area contributed by atoms with Gasteiger partial charge in [0.15, 0.2) is 0 Å². The average molecular weight is 356 g/mol. The lowest BCUT2D eigenvalue weighted by atomic mass is 10.0. The minimum atomic E-state index is 0.0329. The van der Waals surface area contributed by atoms with Gasteiger partial charge in [0.25, 0.3) is 0 Å². The van der Waals surface area contributed by atoms with Crippen molar-refractivity contribution in [1.82, 2.24) is 5.32 Å². The number of carbonyl (C=O) groups is 1. The molecular weight excluding hydrogens is 339 g/mol. The van der Waals surface area contributed by atoms with Crippen molar-refractivity contribution in [1.29, 1.82) is 0 Å². The number of benzene rings is 1. The topological polar surface area (TPSA) is 32.3 Å². The number of hydrogen-bond acceptors (Lipinski definition) is 2. The summed E-state index contributed by atoms with van der Waals surface area (Å²) in [7, 11) is 0. The number of carbonyl (C=O) groups excluding carboxylic acids is 1. The Morgan fingerprint density at radius 1 is 1.17 bits per heavy atom. The molecule has 1 heterocycles. The highest BCUT2D eigenvalue weighted by Crippen LogP contribution is 2.25. The van der Waals surface area contributed by atoms with Crippen molar-refractivity contribution in [3.05, 3.63) is 27.8 Å². The van der Waals surface area contributed by atoms with Gasteiger partial charge >= 0.3 is 0 Å². The molecule has 3 nitrogen and oxygen atoms in total. The number of halogens is 1. The molecule has 1 aliphatic heterocycles. The van der Waals surface area contributed by atoms with E-state index in [9.17, 15) is 4.79 Å². The van der Waals surface area contributed by atoms with Crippen LogP contribution in [0.1, 0.15) is 25.7 Å². The summed E-state index contributed by atoms with van der Waals surface area (Å²) in [5.74, 6) is 0.245. The van der Waals surface area contributed by atoms with Gasteiger partial charge in [-0.3, -0.25) is 4.79 Å². The highest BCUT2D eigenvalue weighted by Gasteiger charge is 2.33. The fourth-order valence-electron chi connectivity index (χ4n) is 2.44. The van der Waals surface area contributed by atoms with Gasteiger partial charge in [0, 0.05) is 21.8 Å². The summed E-state index contributed by atoms with van der Waals surface area (Å²) in [6.45, 7) is 0.849. The molecule has 1 atom stereocenters. The van der Waals surface area contributed by atoms with Crippen molar-refractivity contribution in [2.24, 2.45) is 0 Å². The van der Waals surface area contributed by atoms with E-state index in [-0.39, 0.29) is 11.9 Å². The van der Waals surface area contributed by atoms with E-state index in [2.05, 4.69) is 40.0 Å². The molecule has 2 fully saturated rings. The number of piperidine rings is 1. The number of nitrogens with one attached hydrogen (secondary N) is 1. The van der Waals surface area contributed by atoms with E-state index < -0.39 is 0 Å². The Morgan fingerprint density at radius 3 is 2.56 bits per heavy atom. The largest absolute Gasteiger partial charge is 0.311 e. The fourth-order valence-corrected chi connectivity index (χ4v) is 2.80. The number of nitrogens with zero attached hydrogens (tertiary/aromatic N) is 1. The van der Waals surface area contributed by atoms with Crippen LogP contribution in [0.25, 0.3) is 0 Å². The second-order valence-electron chi connectivity index (χ2n) is 5.10. The predicted molar refractivity (Wildman–Crippen MR) is 80.7 cm³/mol. The molecule has 0 bridgehead atoms. The van der Waals surface area contributed by atoms with Gasteiger partial charge in [-0.25, -0.2) is 0 Å². The van der Waals surface area contributed by atoms with Gasteiger partial charge in [0.2, 0.25) is 5.91 Å². The maximum atomic E-state index is 12.4. The third-order valence-electron chi connectivity index (χ3n) is 3.59. The van der Waals surface area contributed by atoms with Crippen LogP contribution >= 0.6 is 22.6 Å². The first-order valence-corrected chi connectivity index (χ1v) is 7.65. The molecule has 3 rings (SSSR count). The normalized spacial score (nSPS) is 24.4. The first-order chi connectivity index (χ1) is 8.74. The van der Waals surface area contributed by atoms with E-state index in [4.69, 9.17) is 0 Å². The summed E-state index contributed by atoms with van der Waals surface area (Å²) in [4.78, 5) is 14.4. The van der Waals surface area contributed by atoms with Crippen LogP contribution in [0.15, 0.2) is 24.3 Å². The second-order valence-corrected chi connectivity index (χ2v) is 6.35. The molecule has 1 unspecified atom stereocenters. The van der Waals surface area contributed by atoms with Crippen molar-refractivity contribution in [2.75, 3.05) is 11.4 Å². The number of anilines is 1. The molecule has 0 radical (unpaired) electrons. The van der Waals surface area contributed by atoms with Crippen LogP contribution in [0.5, 0.6) is 0 Å². The summed E-state index contributed by atoms with van der Waals surface area (Å²) in [5, 5.41) is 3.46. The number of hydrogen-bond donors (Lipinski definition) is 1. The van der Waals surface area contributed by atoms with Gasteiger partial charge < -0.3 is 10.2 Å². The Balaban J connectivity index is 1.74. The zero-order chi connectivity index (χ0) is 12.5. The molecule has 1 saturated carbocycles. The molecule has 1 aromatic carbocycles. The third kappa shape index (κ3) is 2.69. The van der Waals surface area contributed by atoms with E-state index in [1.807, 2.05) is 17.0 Å². The SMILES string of the molecule is O=C1C(NC2CC2)CCCN1c1ccc(I)cc1. The summed E-state index contributed by atoms with van der Waals surface area (Å²) in [6.07, 6.45) is 4.53. The minimum Gasteiger partial charge on any atom is -0.311 e. The molecule has 1 N–H and O–H groups in total. The van der Waals surface area contributed by atoms with Crippen LogP contribution < -0.4 is 10.2 Å². The lowest BCUT2D eigenvalue weighted by Gasteiger charge is -2.33. The smallest absolute Gasteiger partial charge is 0.244 e. The maximum Gasteiger partial charge on any atom is 0.244 e. The third-order valence-corrected chi connectivity index (χ3v) is 4.31. The minimum absolute atomic E-state index is 0.0329. The van der Waals surface area contributed by atoms with Crippen LogP contribution in [0.4, 0.5) is 5.69 Å². The second kappa shape index (κ2) is 5.17. The Kier molecular flexibility index (Phi) is 3.56. The van der Waals surface area contributed by atoms with Gasteiger partial charge in [0.1, 0.15) is 0 Å². The van der Waals surface area contributed by atoms with Gasteiger partial charge in [-0.2, -0.15) is 0 Å². The number of amides is 1. The molecule has 0 aromatic heterocycles. The van der Waals surface area contributed by atoms with Crippen molar-refractivity contribution in [3.8, 4) is 0 Å². The lowest BCUT2D eigenvalue weighted by Crippen LogP contribution is -2.51. The Bertz CT molecular complexity index is 442. The van der Waals surface area contributed by atoms with Crippen LogP contribution in [0.3, 0.4) is 0 Å². The Morgan fingerprint density at radius 2 is 1.89 bits per heavy atom. The van der Waals surface area contributed by atoms with E-state index >= 15 is 0 Å². The van der Waals surface area contributed by atoms with E-state index in [0.717, 1.165) is 25.1 Å². The van der Waals surface area contributed by atoms with Crippen molar-refractivity contribution >= 4 is 34.2 Å². The standard InChI is InChI=1S/C14H17IN2O/c15-10-3-7-12(8-4-10)17-9-1-2-13(14(17)18)16-11-5-6-11/h3-4,7-8,11,13,16H,1-2,5-6,9H2. The zero-order valence-electron chi connectivity index (χ0n) is 10.2. The first-order valence-electron chi connectivity index (χ1n) is 6.57. The molecule has 0 spiro atoms. The van der Waals surface area contributed by atoms with Crippen LogP contribution in [0.2, 0.25) is 0 Å². The van der Waals surface area contributed by atoms with Crippen LogP contribution in [0, 0.1) is 3.57 Å². The molecule has 18 heavy (non-hydrogen) atoms. The molecule has 4 heteroatoms. The fraction of sp³-hybridized carbons (Fsp3) is 0.500. The van der Waals surface area contributed by atoms with Crippen LogP contribution in [-0.2, 0) is 4.79 Å². The first kappa shape index (κ1) is 12.4. The maximum absolute atomic E-state index is 12.4.